The molecular formula is C18H17N3O. The Hall–Kier alpha value is -2.62. The van der Waals surface area contributed by atoms with E-state index < -0.39 is 0 Å². The van der Waals surface area contributed by atoms with Crippen LogP contribution >= 0.6 is 0 Å². The minimum absolute atomic E-state index is 0.0132. The highest BCUT2D eigenvalue weighted by atomic mass is 16.1. The highest BCUT2D eigenvalue weighted by molar-refractivity contribution is 5.80. The topological polar surface area (TPSA) is 38.1 Å². The van der Waals surface area contributed by atoms with Crippen LogP contribution in [0, 0.1) is 0 Å². The van der Waals surface area contributed by atoms with Gasteiger partial charge in [-0.2, -0.15) is 0 Å². The Balaban J connectivity index is 2.04. The zero-order chi connectivity index (χ0) is 14.9. The highest BCUT2D eigenvalue weighted by Crippen LogP contribution is 2.22. The van der Waals surface area contributed by atoms with Crippen molar-refractivity contribution in [1.29, 1.82) is 0 Å². The van der Waals surface area contributed by atoms with Crippen LogP contribution in [0.4, 0.5) is 5.69 Å². The molecule has 0 spiro atoms. The lowest BCUT2D eigenvalue weighted by atomic mass is 10.2. The third-order valence-corrected chi connectivity index (χ3v) is 4.20. The molecule has 110 valence electrons. The van der Waals surface area contributed by atoms with Crippen molar-refractivity contribution >= 4 is 16.7 Å². The quantitative estimate of drug-likeness (QED) is 0.728. The molecule has 4 nitrogen and oxygen atoms in total. The van der Waals surface area contributed by atoms with Crippen LogP contribution in [0.5, 0.6) is 0 Å². The number of benzene rings is 1. The molecule has 1 saturated heterocycles. The molecule has 0 aliphatic carbocycles. The van der Waals surface area contributed by atoms with Gasteiger partial charge < -0.3 is 4.90 Å². The lowest BCUT2D eigenvalue weighted by molar-refractivity contribution is 0.925. The molecule has 1 fully saturated rings. The zero-order valence-electron chi connectivity index (χ0n) is 12.3. The van der Waals surface area contributed by atoms with Crippen molar-refractivity contribution in [2.24, 2.45) is 0 Å². The molecule has 0 bridgehead atoms. The molecule has 0 amide bonds. The van der Waals surface area contributed by atoms with Gasteiger partial charge in [-0.15, -0.1) is 0 Å². The number of aromatic nitrogens is 2. The number of hydrogen-bond donors (Lipinski definition) is 0. The summed E-state index contributed by atoms with van der Waals surface area (Å²) in [5.41, 5.74) is 2.36. The molecule has 0 saturated carbocycles. The summed E-state index contributed by atoms with van der Waals surface area (Å²) >= 11 is 0. The largest absolute Gasteiger partial charge is 0.367 e. The van der Waals surface area contributed by atoms with Crippen molar-refractivity contribution in [3.63, 3.8) is 0 Å². The molecule has 1 aliphatic heterocycles. The van der Waals surface area contributed by atoms with Crippen molar-refractivity contribution in [2.45, 2.75) is 12.8 Å². The van der Waals surface area contributed by atoms with E-state index in [-0.39, 0.29) is 5.56 Å². The van der Waals surface area contributed by atoms with E-state index in [9.17, 15) is 4.79 Å². The van der Waals surface area contributed by atoms with E-state index in [0.717, 1.165) is 42.7 Å². The maximum Gasteiger partial charge on any atom is 0.280 e. The second-order valence-electron chi connectivity index (χ2n) is 5.62. The third kappa shape index (κ3) is 2.08. The maximum atomic E-state index is 13.1. The average molecular weight is 291 g/mol. The van der Waals surface area contributed by atoms with Crippen molar-refractivity contribution in [1.82, 2.24) is 9.55 Å². The van der Waals surface area contributed by atoms with E-state index in [1.54, 1.807) is 10.8 Å². The first-order chi connectivity index (χ1) is 10.8. The van der Waals surface area contributed by atoms with E-state index in [4.69, 9.17) is 0 Å². The Labute approximate surface area is 128 Å². The molecule has 1 aromatic carbocycles. The molecule has 2 aromatic heterocycles. The molecule has 0 unspecified atom stereocenters. The third-order valence-electron chi connectivity index (χ3n) is 4.20. The second kappa shape index (κ2) is 5.30. The zero-order valence-corrected chi connectivity index (χ0v) is 12.3. The molecule has 0 N–H and O–H groups in total. The molecule has 1 aliphatic rings. The van der Waals surface area contributed by atoms with Gasteiger partial charge in [0.1, 0.15) is 11.3 Å². The van der Waals surface area contributed by atoms with Gasteiger partial charge in [0.15, 0.2) is 0 Å². The summed E-state index contributed by atoms with van der Waals surface area (Å²) in [5.74, 6) is 0. The summed E-state index contributed by atoms with van der Waals surface area (Å²) in [6.07, 6.45) is 4.03. The Kier molecular flexibility index (Phi) is 3.15. The Bertz CT molecular complexity index is 864. The number of fused-ring (bicyclic) bond motifs is 1. The minimum atomic E-state index is 0.0132. The number of anilines is 1. The van der Waals surface area contributed by atoms with Crippen LogP contribution in [0.25, 0.3) is 16.7 Å². The van der Waals surface area contributed by atoms with Gasteiger partial charge in [0.05, 0.1) is 5.69 Å². The van der Waals surface area contributed by atoms with Crippen LogP contribution in [-0.4, -0.2) is 22.6 Å². The van der Waals surface area contributed by atoms with E-state index in [1.165, 1.54) is 0 Å². The molecule has 3 aromatic rings. The van der Waals surface area contributed by atoms with E-state index in [2.05, 4.69) is 9.88 Å². The second-order valence-corrected chi connectivity index (χ2v) is 5.62. The predicted octanol–water partition coefficient (Wildman–Crippen LogP) is 2.99. The summed E-state index contributed by atoms with van der Waals surface area (Å²) in [7, 11) is 0. The van der Waals surface area contributed by atoms with Crippen LogP contribution < -0.4 is 10.5 Å². The molecule has 22 heavy (non-hydrogen) atoms. The first-order valence-corrected chi connectivity index (χ1v) is 7.66. The first-order valence-electron chi connectivity index (χ1n) is 7.66. The van der Waals surface area contributed by atoms with Gasteiger partial charge in [0, 0.05) is 24.7 Å². The van der Waals surface area contributed by atoms with E-state index in [0.29, 0.717) is 5.65 Å². The number of pyridine rings is 2. The Morgan fingerprint density at radius 3 is 2.50 bits per heavy atom. The molecule has 4 rings (SSSR count). The molecule has 3 heterocycles. The predicted molar refractivity (Wildman–Crippen MR) is 88.8 cm³/mol. The van der Waals surface area contributed by atoms with Crippen LogP contribution in [0.3, 0.4) is 0 Å². The van der Waals surface area contributed by atoms with Gasteiger partial charge in [0.25, 0.3) is 5.56 Å². The minimum Gasteiger partial charge on any atom is -0.367 e. The standard InChI is InChI=1S/C18H17N3O/c22-18-16(20-11-4-5-12-20)13-14-7-6-10-19-17(14)21(18)15-8-2-1-3-9-15/h1-3,6-10,13H,4-5,11-12H2. The van der Waals surface area contributed by atoms with E-state index in [1.807, 2.05) is 48.5 Å². The van der Waals surface area contributed by atoms with Gasteiger partial charge in [-0.3, -0.25) is 9.36 Å². The van der Waals surface area contributed by atoms with Gasteiger partial charge in [-0.1, -0.05) is 18.2 Å². The maximum absolute atomic E-state index is 13.1. The number of hydrogen-bond acceptors (Lipinski definition) is 3. The van der Waals surface area contributed by atoms with Gasteiger partial charge in [-0.05, 0) is 43.2 Å². The van der Waals surface area contributed by atoms with E-state index >= 15 is 0 Å². The SMILES string of the molecule is O=c1c(N2CCCC2)cc2cccnc2n1-c1ccccc1. The van der Waals surface area contributed by atoms with Crippen LogP contribution in [0.2, 0.25) is 0 Å². The van der Waals surface area contributed by atoms with Gasteiger partial charge in [0.2, 0.25) is 0 Å². The molecule has 0 atom stereocenters. The van der Waals surface area contributed by atoms with Crippen molar-refractivity contribution in [2.75, 3.05) is 18.0 Å². The summed E-state index contributed by atoms with van der Waals surface area (Å²) in [5, 5.41) is 0.993. The summed E-state index contributed by atoms with van der Waals surface area (Å²) in [6.45, 7) is 1.91. The van der Waals surface area contributed by atoms with Crippen molar-refractivity contribution in [3.05, 3.63) is 65.1 Å². The molecular weight excluding hydrogens is 274 g/mol. The lowest BCUT2D eigenvalue weighted by Crippen LogP contribution is -2.30. The first kappa shape index (κ1) is 13.1. The number of rotatable bonds is 2. The number of para-hydroxylation sites is 1. The fourth-order valence-corrected chi connectivity index (χ4v) is 3.13. The molecule has 0 radical (unpaired) electrons. The monoisotopic (exact) mass is 291 g/mol. The Morgan fingerprint density at radius 1 is 0.955 bits per heavy atom. The summed E-state index contributed by atoms with van der Waals surface area (Å²) < 4.78 is 1.73. The number of nitrogens with zero attached hydrogens (tertiary/aromatic N) is 3. The van der Waals surface area contributed by atoms with Crippen LogP contribution in [-0.2, 0) is 0 Å². The van der Waals surface area contributed by atoms with Crippen molar-refractivity contribution < 1.29 is 0 Å². The lowest BCUT2D eigenvalue weighted by Gasteiger charge is -2.19. The smallest absolute Gasteiger partial charge is 0.280 e. The summed E-state index contributed by atoms with van der Waals surface area (Å²) in [4.78, 5) is 19.7. The van der Waals surface area contributed by atoms with Gasteiger partial charge in [-0.25, -0.2) is 4.98 Å². The van der Waals surface area contributed by atoms with Crippen LogP contribution in [0.15, 0.2) is 59.5 Å². The average Bonchev–Trinajstić information content (AvgIpc) is 3.09. The fourth-order valence-electron chi connectivity index (χ4n) is 3.13. The normalized spacial score (nSPS) is 14.6. The molecule has 4 heteroatoms. The van der Waals surface area contributed by atoms with Crippen LogP contribution in [0.1, 0.15) is 12.8 Å². The highest BCUT2D eigenvalue weighted by Gasteiger charge is 2.19. The summed E-state index contributed by atoms with van der Waals surface area (Å²) in [6, 6.07) is 15.6. The Morgan fingerprint density at radius 2 is 1.73 bits per heavy atom. The fraction of sp³-hybridized carbons (Fsp3) is 0.222. The van der Waals surface area contributed by atoms with Crippen molar-refractivity contribution in [3.8, 4) is 5.69 Å². The van der Waals surface area contributed by atoms with Gasteiger partial charge >= 0.3 is 0 Å².